The Morgan fingerprint density at radius 1 is 0.882 bits per heavy atom. The summed E-state index contributed by atoms with van der Waals surface area (Å²) in [7, 11) is 0. The van der Waals surface area contributed by atoms with Crippen LogP contribution in [0.4, 0.5) is 5.69 Å². The number of rotatable bonds is 6. The normalized spacial score (nSPS) is 14.8. The summed E-state index contributed by atoms with van der Waals surface area (Å²) in [6.07, 6.45) is 3.87. The SMILES string of the molecule is CC(C)(C)OCC(C)(C)Oc1cccc(-c2ccc3cc(N4CCCCC4)ccc3c2)c1C#N. The Hall–Kier alpha value is -3.03. The summed E-state index contributed by atoms with van der Waals surface area (Å²) in [6, 6.07) is 21.3. The largest absolute Gasteiger partial charge is 0.484 e. The maximum atomic E-state index is 10.0. The molecule has 3 aromatic rings. The van der Waals surface area contributed by atoms with E-state index < -0.39 is 5.60 Å². The number of anilines is 1. The van der Waals surface area contributed by atoms with Crippen molar-refractivity contribution in [1.82, 2.24) is 0 Å². The Morgan fingerprint density at radius 3 is 2.29 bits per heavy atom. The molecule has 4 nitrogen and oxygen atoms in total. The number of fused-ring (bicyclic) bond motifs is 1. The summed E-state index contributed by atoms with van der Waals surface area (Å²) < 4.78 is 12.2. The lowest BCUT2D eigenvalue weighted by atomic mass is 9.96. The van der Waals surface area contributed by atoms with E-state index in [4.69, 9.17) is 9.47 Å². The number of nitrogens with zero attached hydrogens (tertiary/aromatic N) is 2. The third-order valence-corrected chi connectivity index (χ3v) is 6.23. The van der Waals surface area contributed by atoms with Gasteiger partial charge in [-0.05, 0) is 94.5 Å². The molecule has 0 amide bonds. The van der Waals surface area contributed by atoms with Crippen molar-refractivity contribution in [3.8, 4) is 22.9 Å². The lowest BCUT2D eigenvalue weighted by Crippen LogP contribution is -2.38. The summed E-state index contributed by atoms with van der Waals surface area (Å²) in [5, 5.41) is 12.4. The van der Waals surface area contributed by atoms with Gasteiger partial charge < -0.3 is 14.4 Å². The summed E-state index contributed by atoms with van der Waals surface area (Å²) in [5.74, 6) is 0.586. The van der Waals surface area contributed by atoms with Crippen LogP contribution in [0.15, 0.2) is 54.6 Å². The summed E-state index contributed by atoms with van der Waals surface area (Å²) >= 11 is 0. The molecule has 0 bridgehead atoms. The third-order valence-electron chi connectivity index (χ3n) is 6.23. The van der Waals surface area contributed by atoms with Gasteiger partial charge in [-0.3, -0.25) is 0 Å². The number of hydrogen-bond acceptors (Lipinski definition) is 4. The van der Waals surface area contributed by atoms with Crippen LogP contribution in [0, 0.1) is 11.3 Å². The molecular weight excluding hydrogens is 420 g/mol. The van der Waals surface area contributed by atoms with Crippen LogP contribution in [-0.2, 0) is 4.74 Å². The smallest absolute Gasteiger partial charge is 0.138 e. The van der Waals surface area contributed by atoms with Crippen molar-refractivity contribution < 1.29 is 9.47 Å². The average Bonchev–Trinajstić information content (AvgIpc) is 2.82. The van der Waals surface area contributed by atoms with Gasteiger partial charge in [-0.25, -0.2) is 0 Å². The van der Waals surface area contributed by atoms with Crippen LogP contribution in [0.1, 0.15) is 59.4 Å². The monoisotopic (exact) mass is 456 g/mol. The molecule has 178 valence electrons. The zero-order valence-corrected chi connectivity index (χ0v) is 21.1. The van der Waals surface area contributed by atoms with Crippen LogP contribution < -0.4 is 9.64 Å². The first-order chi connectivity index (χ1) is 16.1. The molecule has 1 fully saturated rings. The van der Waals surface area contributed by atoms with Crippen molar-refractivity contribution >= 4 is 16.5 Å². The standard InChI is InChI=1S/C30H36N2O2/c1-29(2,3)33-21-30(4,5)34-28-11-9-10-26(27(28)20-31)24-13-12-23-19-25(15-14-22(23)18-24)32-16-7-6-8-17-32/h9-15,18-19H,6-8,16-17,21H2,1-5H3. The Bertz CT molecular complexity index is 1190. The topological polar surface area (TPSA) is 45.5 Å². The van der Waals surface area contributed by atoms with E-state index in [0.29, 0.717) is 17.9 Å². The van der Waals surface area contributed by atoms with Crippen molar-refractivity contribution in [2.75, 3.05) is 24.6 Å². The van der Waals surface area contributed by atoms with E-state index in [2.05, 4.69) is 47.4 Å². The second-order valence-corrected chi connectivity index (χ2v) is 10.8. The Kier molecular flexibility index (Phi) is 6.86. The second-order valence-electron chi connectivity index (χ2n) is 10.8. The third kappa shape index (κ3) is 5.72. The highest BCUT2D eigenvalue weighted by atomic mass is 16.6. The molecule has 0 spiro atoms. The van der Waals surface area contributed by atoms with Gasteiger partial charge in [0.25, 0.3) is 0 Å². The molecule has 1 aliphatic rings. The van der Waals surface area contributed by atoms with Gasteiger partial charge >= 0.3 is 0 Å². The zero-order chi connectivity index (χ0) is 24.3. The van der Waals surface area contributed by atoms with E-state index in [1.165, 1.54) is 35.7 Å². The lowest BCUT2D eigenvalue weighted by molar-refractivity contribution is -0.0723. The molecule has 1 saturated heterocycles. The van der Waals surface area contributed by atoms with E-state index >= 15 is 0 Å². The number of piperidine rings is 1. The first-order valence-corrected chi connectivity index (χ1v) is 12.3. The van der Waals surface area contributed by atoms with E-state index in [0.717, 1.165) is 24.2 Å². The molecule has 1 heterocycles. The number of ether oxygens (including phenoxy) is 2. The van der Waals surface area contributed by atoms with Crippen LogP contribution in [-0.4, -0.2) is 30.9 Å². The molecule has 0 radical (unpaired) electrons. The second kappa shape index (κ2) is 9.68. The lowest BCUT2D eigenvalue weighted by Gasteiger charge is -2.31. The van der Waals surface area contributed by atoms with E-state index in [-0.39, 0.29) is 5.60 Å². The summed E-state index contributed by atoms with van der Waals surface area (Å²) in [4.78, 5) is 2.48. The highest BCUT2D eigenvalue weighted by Gasteiger charge is 2.26. The van der Waals surface area contributed by atoms with Crippen LogP contribution in [0.2, 0.25) is 0 Å². The van der Waals surface area contributed by atoms with Crippen LogP contribution in [0.3, 0.4) is 0 Å². The molecule has 0 atom stereocenters. The number of benzene rings is 3. The molecule has 34 heavy (non-hydrogen) atoms. The van der Waals surface area contributed by atoms with E-state index in [1.807, 2.05) is 52.8 Å². The maximum Gasteiger partial charge on any atom is 0.138 e. The van der Waals surface area contributed by atoms with E-state index in [1.54, 1.807) is 0 Å². The fourth-order valence-corrected chi connectivity index (χ4v) is 4.44. The molecule has 4 rings (SSSR count). The molecule has 0 N–H and O–H groups in total. The fourth-order valence-electron chi connectivity index (χ4n) is 4.44. The molecular formula is C30H36N2O2. The minimum atomic E-state index is -0.564. The van der Waals surface area contributed by atoms with Crippen LogP contribution in [0.25, 0.3) is 21.9 Å². The molecule has 0 aromatic heterocycles. The molecule has 0 saturated carbocycles. The first-order valence-electron chi connectivity index (χ1n) is 12.3. The van der Waals surface area contributed by atoms with Gasteiger partial charge in [0.2, 0.25) is 0 Å². The predicted molar refractivity (Wildman–Crippen MR) is 141 cm³/mol. The zero-order valence-electron chi connectivity index (χ0n) is 21.1. The summed E-state index contributed by atoms with van der Waals surface area (Å²) in [5.41, 5.74) is 2.94. The fraction of sp³-hybridized carbons (Fsp3) is 0.433. The minimum Gasteiger partial charge on any atom is -0.484 e. The quantitative estimate of drug-likeness (QED) is 0.389. The van der Waals surface area contributed by atoms with Crippen LogP contribution in [0.5, 0.6) is 5.75 Å². The Balaban J connectivity index is 1.62. The minimum absolute atomic E-state index is 0.251. The van der Waals surface area contributed by atoms with Crippen molar-refractivity contribution in [2.24, 2.45) is 0 Å². The van der Waals surface area contributed by atoms with Gasteiger partial charge in [-0.2, -0.15) is 5.26 Å². The number of nitriles is 1. The predicted octanol–water partition coefficient (Wildman–Crippen LogP) is 7.34. The average molecular weight is 457 g/mol. The van der Waals surface area contributed by atoms with Crippen molar-refractivity contribution in [2.45, 2.75) is 65.1 Å². The maximum absolute atomic E-state index is 10.0. The first kappa shape index (κ1) is 24.1. The highest BCUT2D eigenvalue weighted by molar-refractivity contribution is 5.91. The number of hydrogen-bond donors (Lipinski definition) is 0. The van der Waals surface area contributed by atoms with Gasteiger partial charge in [-0.15, -0.1) is 0 Å². The van der Waals surface area contributed by atoms with Crippen molar-refractivity contribution in [3.05, 3.63) is 60.2 Å². The van der Waals surface area contributed by atoms with E-state index in [9.17, 15) is 5.26 Å². The van der Waals surface area contributed by atoms with Gasteiger partial charge in [0, 0.05) is 24.3 Å². The van der Waals surface area contributed by atoms with Gasteiger partial charge in [-0.1, -0.05) is 30.3 Å². The van der Waals surface area contributed by atoms with Gasteiger partial charge in [0.1, 0.15) is 23.0 Å². The Labute approximate surface area is 204 Å². The summed E-state index contributed by atoms with van der Waals surface area (Å²) in [6.45, 7) is 12.8. The molecule has 0 aliphatic carbocycles. The molecule has 3 aromatic carbocycles. The molecule has 0 unspecified atom stereocenters. The molecule has 4 heteroatoms. The van der Waals surface area contributed by atoms with Crippen molar-refractivity contribution in [3.63, 3.8) is 0 Å². The Morgan fingerprint density at radius 2 is 1.59 bits per heavy atom. The van der Waals surface area contributed by atoms with Gasteiger partial charge in [0.15, 0.2) is 0 Å². The molecule has 1 aliphatic heterocycles. The van der Waals surface area contributed by atoms with Gasteiger partial charge in [0.05, 0.1) is 12.2 Å². The van der Waals surface area contributed by atoms with Crippen molar-refractivity contribution in [1.29, 1.82) is 5.26 Å². The van der Waals surface area contributed by atoms with Crippen LogP contribution >= 0.6 is 0 Å². The highest BCUT2D eigenvalue weighted by Crippen LogP contribution is 2.35.